The number of nitrogens with zero attached hydrogens (tertiary/aromatic N) is 3. The van der Waals surface area contributed by atoms with Gasteiger partial charge in [0.25, 0.3) is 0 Å². The van der Waals surface area contributed by atoms with Gasteiger partial charge in [0.2, 0.25) is 0 Å². The molecular formula is C11H14F3N3OS. The van der Waals surface area contributed by atoms with Gasteiger partial charge in [0.1, 0.15) is 6.61 Å². The quantitative estimate of drug-likeness (QED) is 0.440. The molecule has 0 radical (unpaired) electrons. The summed E-state index contributed by atoms with van der Waals surface area (Å²) in [4.78, 5) is 8.91. The largest absolute Gasteiger partial charge is 0.396 e. The van der Waals surface area contributed by atoms with Crippen molar-refractivity contribution in [1.82, 2.24) is 9.55 Å². The minimum Gasteiger partial charge on any atom is -0.396 e. The van der Waals surface area contributed by atoms with Crippen molar-refractivity contribution < 1.29 is 18.0 Å². The van der Waals surface area contributed by atoms with Gasteiger partial charge in [0.05, 0.1) is 18.1 Å². The molecule has 0 aromatic carbocycles. The van der Waals surface area contributed by atoms with Gasteiger partial charge in [-0.15, -0.1) is 0 Å². The van der Waals surface area contributed by atoms with E-state index in [1.165, 1.54) is 18.0 Å². The number of halogens is 3. The molecule has 0 aliphatic carbocycles. The number of aromatic nitrogens is 2. The Morgan fingerprint density at radius 1 is 1.53 bits per heavy atom. The maximum Gasteiger partial charge on any atom is 0.301 e. The molecule has 4 nitrogen and oxygen atoms in total. The van der Waals surface area contributed by atoms with Gasteiger partial charge in [-0.3, -0.25) is 0 Å². The number of hydrogen-bond acceptors (Lipinski definition) is 4. The smallest absolute Gasteiger partial charge is 0.301 e. The molecule has 0 amide bonds. The molecule has 1 rings (SSSR count). The van der Waals surface area contributed by atoms with Crippen LogP contribution in [0.2, 0.25) is 0 Å². The van der Waals surface area contributed by atoms with Crippen molar-refractivity contribution in [1.29, 1.82) is 0 Å². The fourth-order valence-corrected chi connectivity index (χ4v) is 2.04. The van der Waals surface area contributed by atoms with Crippen molar-refractivity contribution in [2.24, 2.45) is 12.2 Å². The first-order valence-electron chi connectivity index (χ1n) is 5.55. The summed E-state index contributed by atoms with van der Waals surface area (Å²) in [5.74, 6) is -1.18. The van der Waals surface area contributed by atoms with Crippen LogP contribution >= 0.6 is 11.8 Å². The lowest BCUT2D eigenvalue weighted by molar-refractivity contribution is 0.160. The highest BCUT2D eigenvalue weighted by molar-refractivity contribution is 7.99. The zero-order chi connectivity index (χ0) is 14.3. The van der Waals surface area contributed by atoms with E-state index in [0.29, 0.717) is 17.5 Å². The fraction of sp³-hybridized carbons (Fsp3) is 0.455. The Hall–Kier alpha value is -1.44. The van der Waals surface area contributed by atoms with Crippen molar-refractivity contribution in [2.75, 3.05) is 12.4 Å². The van der Waals surface area contributed by atoms with E-state index < -0.39 is 11.9 Å². The van der Waals surface area contributed by atoms with Crippen LogP contribution in [0.15, 0.2) is 28.4 Å². The number of oxime groups is 1. The standard InChI is InChI=1S/C11H14F3N3OS/c1-3-18-16-7-8-6-15-11(17(8)2)19-5-4-9(12)10(13)14/h6-7H,3-5H2,1-2H3/b16-7-. The van der Waals surface area contributed by atoms with Crippen LogP contribution in [0.25, 0.3) is 0 Å². The van der Waals surface area contributed by atoms with E-state index in [-0.39, 0.29) is 12.2 Å². The van der Waals surface area contributed by atoms with Crippen LogP contribution in [0.4, 0.5) is 13.2 Å². The lowest BCUT2D eigenvalue weighted by atomic mass is 10.4. The van der Waals surface area contributed by atoms with Crippen molar-refractivity contribution in [2.45, 2.75) is 18.5 Å². The van der Waals surface area contributed by atoms with E-state index in [9.17, 15) is 13.2 Å². The molecule has 0 atom stereocenters. The lowest BCUT2D eigenvalue weighted by Gasteiger charge is -2.02. The van der Waals surface area contributed by atoms with Gasteiger partial charge >= 0.3 is 6.08 Å². The van der Waals surface area contributed by atoms with Gasteiger partial charge in [0.15, 0.2) is 11.0 Å². The molecule has 0 saturated heterocycles. The van der Waals surface area contributed by atoms with Crippen molar-refractivity contribution in [3.05, 3.63) is 23.8 Å². The zero-order valence-electron chi connectivity index (χ0n) is 10.6. The molecule has 19 heavy (non-hydrogen) atoms. The highest BCUT2D eigenvalue weighted by Gasteiger charge is 2.08. The van der Waals surface area contributed by atoms with Crippen molar-refractivity contribution in [3.63, 3.8) is 0 Å². The van der Waals surface area contributed by atoms with Crippen molar-refractivity contribution in [3.8, 4) is 0 Å². The van der Waals surface area contributed by atoms with E-state index in [4.69, 9.17) is 4.84 Å². The lowest BCUT2D eigenvalue weighted by Crippen LogP contribution is -1.98. The second-order valence-electron chi connectivity index (χ2n) is 3.44. The molecule has 0 bridgehead atoms. The average molecular weight is 293 g/mol. The van der Waals surface area contributed by atoms with Gasteiger partial charge in [-0.05, 0) is 6.92 Å². The summed E-state index contributed by atoms with van der Waals surface area (Å²) < 4.78 is 38.0. The van der Waals surface area contributed by atoms with Crippen LogP contribution in [0, 0.1) is 0 Å². The van der Waals surface area contributed by atoms with E-state index in [1.54, 1.807) is 17.8 Å². The highest BCUT2D eigenvalue weighted by atomic mass is 32.2. The van der Waals surface area contributed by atoms with Crippen LogP contribution in [0.5, 0.6) is 0 Å². The van der Waals surface area contributed by atoms with E-state index >= 15 is 0 Å². The number of thioether (sulfide) groups is 1. The summed E-state index contributed by atoms with van der Waals surface area (Å²) in [6.45, 7) is 2.28. The molecule has 0 saturated carbocycles. The molecule has 0 spiro atoms. The van der Waals surface area contributed by atoms with Crippen LogP contribution in [0.3, 0.4) is 0 Å². The number of imidazole rings is 1. The predicted octanol–water partition coefficient (Wildman–Crippen LogP) is 3.35. The van der Waals surface area contributed by atoms with Gasteiger partial charge in [-0.25, -0.2) is 9.37 Å². The van der Waals surface area contributed by atoms with Gasteiger partial charge in [-0.2, -0.15) is 8.78 Å². The molecule has 1 aromatic rings. The number of rotatable bonds is 7. The normalized spacial score (nSPS) is 11.0. The maximum absolute atomic E-state index is 12.6. The molecule has 0 aliphatic rings. The molecule has 1 aromatic heterocycles. The number of allylic oxidation sites excluding steroid dienone is 1. The minimum atomic E-state index is -2.26. The predicted molar refractivity (Wildman–Crippen MR) is 68.1 cm³/mol. The van der Waals surface area contributed by atoms with Crippen LogP contribution < -0.4 is 0 Å². The Labute approximate surface area is 113 Å². The Kier molecular flexibility index (Phi) is 6.48. The SMILES string of the molecule is CCO/N=C\c1cnc(SCCC(F)=C(F)F)n1C. The first-order chi connectivity index (χ1) is 9.06. The summed E-state index contributed by atoms with van der Waals surface area (Å²) >= 11 is 1.19. The van der Waals surface area contributed by atoms with Crippen LogP contribution in [0.1, 0.15) is 19.0 Å². The minimum absolute atomic E-state index is 0.191. The van der Waals surface area contributed by atoms with Crippen molar-refractivity contribution >= 4 is 18.0 Å². The van der Waals surface area contributed by atoms with Crippen LogP contribution in [-0.4, -0.2) is 28.1 Å². The zero-order valence-corrected chi connectivity index (χ0v) is 11.4. The number of hydrogen-bond donors (Lipinski definition) is 0. The molecule has 0 N–H and O–H groups in total. The molecule has 106 valence electrons. The van der Waals surface area contributed by atoms with E-state index in [1.807, 2.05) is 6.92 Å². The molecule has 0 aliphatic heterocycles. The monoisotopic (exact) mass is 293 g/mol. The fourth-order valence-electron chi connectivity index (χ4n) is 1.15. The summed E-state index contributed by atoms with van der Waals surface area (Å²) in [7, 11) is 1.75. The second-order valence-corrected chi connectivity index (χ2v) is 4.50. The van der Waals surface area contributed by atoms with Gasteiger partial charge in [0, 0.05) is 19.2 Å². The third-order valence-corrected chi connectivity index (χ3v) is 3.17. The topological polar surface area (TPSA) is 39.4 Å². The first-order valence-corrected chi connectivity index (χ1v) is 6.54. The van der Waals surface area contributed by atoms with Gasteiger partial charge < -0.3 is 9.40 Å². The molecule has 8 heteroatoms. The Balaban J connectivity index is 2.54. The molecule has 1 heterocycles. The highest BCUT2D eigenvalue weighted by Crippen LogP contribution is 2.21. The van der Waals surface area contributed by atoms with E-state index in [0.717, 1.165) is 0 Å². The third-order valence-electron chi connectivity index (χ3n) is 2.13. The van der Waals surface area contributed by atoms with Gasteiger partial charge in [-0.1, -0.05) is 16.9 Å². The Morgan fingerprint density at radius 2 is 2.26 bits per heavy atom. The molecular weight excluding hydrogens is 279 g/mol. The Bertz CT molecular complexity index is 470. The molecule has 0 unspecified atom stereocenters. The second kappa shape index (κ2) is 7.88. The summed E-state index contributed by atoms with van der Waals surface area (Å²) in [5, 5.41) is 4.31. The average Bonchev–Trinajstić information content (AvgIpc) is 2.71. The maximum atomic E-state index is 12.6. The third kappa shape index (κ3) is 4.98. The summed E-state index contributed by atoms with van der Waals surface area (Å²) in [6, 6.07) is 0. The Morgan fingerprint density at radius 3 is 2.89 bits per heavy atom. The summed E-state index contributed by atoms with van der Waals surface area (Å²) in [6.07, 6.45) is 0.502. The van der Waals surface area contributed by atoms with E-state index in [2.05, 4.69) is 10.1 Å². The van der Waals surface area contributed by atoms with Crippen LogP contribution in [-0.2, 0) is 11.9 Å². The molecule has 0 fully saturated rings. The first kappa shape index (κ1) is 15.6. The summed E-state index contributed by atoms with van der Waals surface area (Å²) in [5.41, 5.74) is 0.712.